The maximum Gasteiger partial charge on any atom is 0.421 e. The smallest absolute Gasteiger partial charge is 0.273 e. The number of hydrogen-bond acceptors (Lipinski definition) is 3. The van der Waals surface area contributed by atoms with Crippen LogP contribution in [0.25, 0.3) is 0 Å². The van der Waals surface area contributed by atoms with E-state index in [1.165, 1.54) is 6.92 Å². The fourth-order valence-electron chi connectivity index (χ4n) is 1.80. The van der Waals surface area contributed by atoms with E-state index in [9.17, 15) is 18.0 Å². The third kappa shape index (κ3) is 2.89. The van der Waals surface area contributed by atoms with Crippen LogP contribution in [0, 0.1) is 6.92 Å². The van der Waals surface area contributed by atoms with Gasteiger partial charge in [-0.1, -0.05) is 0 Å². The van der Waals surface area contributed by atoms with Crippen molar-refractivity contribution in [3.63, 3.8) is 0 Å². The van der Waals surface area contributed by atoms with Crippen LogP contribution in [0.4, 0.5) is 13.2 Å². The molecule has 0 saturated carbocycles. The summed E-state index contributed by atoms with van der Waals surface area (Å²) in [7, 11) is 0. The van der Waals surface area contributed by atoms with E-state index in [4.69, 9.17) is 0 Å². The van der Waals surface area contributed by atoms with Crippen molar-refractivity contribution < 1.29 is 13.2 Å². The van der Waals surface area contributed by atoms with Gasteiger partial charge in [0.15, 0.2) is 0 Å². The Morgan fingerprint density at radius 1 is 1.30 bits per heavy atom. The summed E-state index contributed by atoms with van der Waals surface area (Å²) in [5.74, 6) is 0. The lowest BCUT2D eigenvalue weighted by Crippen LogP contribution is -2.31. The number of aromatic nitrogens is 4. The Kier molecular flexibility index (Phi) is 3.65. The maximum atomic E-state index is 12.7. The van der Waals surface area contributed by atoms with Crippen molar-refractivity contribution >= 4 is 0 Å². The molecule has 0 aliphatic heterocycles. The molecule has 2 aromatic heterocycles. The first-order chi connectivity index (χ1) is 9.31. The average Bonchev–Trinajstić information content (AvgIpc) is 2.79. The minimum absolute atomic E-state index is 0.0867. The summed E-state index contributed by atoms with van der Waals surface area (Å²) in [5.41, 5.74) is -1.75. The summed E-state index contributed by atoms with van der Waals surface area (Å²) >= 11 is 0. The average molecular weight is 286 g/mol. The molecule has 0 aliphatic carbocycles. The lowest BCUT2D eigenvalue weighted by molar-refractivity contribution is -0.139. The monoisotopic (exact) mass is 286 g/mol. The number of nitrogens with zero attached hydrogens (tertiary/aromatic N) is 4. The standard InChI is InChI=1S/C12H13F3N4O/c1-3-18-5-4-9(17-18)7-19-11(20)10(12(13,14)15)6-8(2)16-19/h4-6H,3,7H2,1-2H3. The number of aryl methyl sites for hydroxylation is 2. The van der Waals surface area contributed by atoms with Crippen molar-refractivity contribution in [3.05, 3.63) is 45.6 Å². The fourth-order valence-corrected chi connectivity index (χ4v) is 1.80. The van der Waals surface area contributed by atoms with Gasteiger partial charge in [-0.2, -0.15) is 23.4 Å². The Hall–Kier alpha value is -2.12. The molecule has 0 amide bonds. The van der Waals surface area contributed by atoms with E-state index >= 15 is 0 Å². The molecule has 0 saturated heterocycles. The van der Waals surface area contributed by atoms with Crippen LogP contribution in [0.3, 0.4) is 0 Å². The summed E-state index contributed by atoms with van der Waals surface area (Å²) in [6.07, 6.45) is -2.99. The fraction of sp³-hybridized carbons (Fsp3) is 0.417. The normalized spacial score (nSPS) is 11.8. The molecular weight excluding hydrogens is 273 g/mol. The lowest BCUT2D eigenvalue weighted by atomic mass is 10.2. The summed E-state index contributed by atoms with van der Waals surface area (Å²) in [6.45, 7) is 3.85. The molecule has 108 valence electrons. The maximum absolute atomic E-state index is 12.7. The Labute approximate surface area is 112 Å². The number of halogens is 3. The van der Waals surface area contributed by atoms with E-state index in [1.54, 1.807) is 16.9 Å². The topological polar surface area (TPSA) is 52.7 Å². The van der Waals surface area contributed by atoms with Crippen LogP contribution in [0.15, 0.2) is 23.1 Å². The summed E-state index contributed by atoms with van der Waals surface area (Å²) in [5, 5.41) is 7.95. The van der Waals surface area contributed by atoms with Crippen LogP contribution in [0.5, 0.6) is 0 Å². The third-order valence-electron chi connectivity index (χ3n) is 2.73. The second-order valence-corrected chi connectivity index (χ2v) is 4.32. The lowest BCUT2D eigenvalue weighted by Gasteiger charge is -2.10. The van der Waals surface area contributed by atoms with Crippen molar-refractivity contribution in [1.29, 1.82) is 0 Å². The Morgan fingerprint density at radius 3 is 2.55 bits per heavy atom. The highest BCUT2D eigenvalue weighted by Crippen LogP contribution is 2.26. The van der Waals surface area contributed by atoms with Crippen LogP contribution in [0.2, 0.25) is 0 Å². The van der Waals surface area contributed by atoms with Gasteiger partial charge in [0.25, 0.3) is 5.56 Å². The van der Waals surface area contributed by atoms with E-state index in [0.29, 0.717) is 12.2 Å². The molecule has 20 heavy (non-hydrogen) atoms. The minimum Gasteiger partial charge on any atom is -0.273 e. The van der Waals surface area contributed by atoms with Gasteiger partial charge in [-0.05, 0) is 26.0 Å². The van der Waals surface area contributed by atoms with Crippen LogP contribution in [-0.2, 0) is 19.3 Å². The van der Waals surface area contributed by atoms with Crippen molar-refractivity contribution in [2.75, 3.05) is 0 Å². The molecule has 0 atom stereocenters. The summed E-state index contributed by atoms with van der Waals surface area (Å²) in [6, 6.07) is 2.40. The van der Waals surface area contributed by atoms with Crippen molar-refractivity contribution in [1.82, 2.24) is 19.6 Å². The predicted molar refractivity (Wildman–Crippen MR) is 65.2 cm³/mol. The Bertz CT molecular complexity index is 672. The van der Waals surface area contributed by atoms with Gasteiger partial charge in [-0.25, -0.2) is 4.68 Å². The van der Waals surface area contributed by atoms with Gasteiger partial charge in [0.1, 0.15) is 5.56 Å². The molecule has 2 rings (SSSR count). The Balaban J connectivity index is 2.42. The zero-order valence-corrected chi connectivity index (χ0v) is 11.0. The van der Waals surface area contributed by atoms with E-state index in [2.05, 4.69) is 10.2 Å². The number of hydrogen-bond donors (Lipinski definition) is 0. The highest BCUT2D eigenvalue weighted by Gasteiger charge is 2.35. The molecule has 0 aromatic carbocycles. The first-order valence-electron chi connectivity index (χ1n) is 5.99. The molecule has 0 unspecified atom stereocenters. The highest BCUT2D eigenvalue weighted by atomic mass is 19.4. The minimum atomic E-state index is -4.69. The van der Waals surface area contributed by atoms with Crippen LogP contribution in [0.1, 0.15) is 23.9 Å². The van der Waals surface area contributed by atoms with Crippen molar-refractivity contribution in [2.24, 2.45) is 0 Å². The van der Waals surface area contributed by atoms with Gasteiger partial charge >= 0.3 is 6.18 Å². The molecule has 5 nitrogen and oxygen atoms in total. The molecule has 0 fully saturated rings. The number of alkyl halides is 3. The van der Waals surface area contributed by atoms with Gasteiger partial charge < -0.3 is 0 Å². The van der Waals surface area contributed by atoms with Gasteiger partial charge in [-0.3, -0.25) is 9.48 Å². The van der Waals surface area contributed by atoms with Crippen LogP contribution >= 0.6 is 0 Å². The van der Waals surface area contributed by atoms with Gasteiger partial charge in [-0.15, -0.1) is 0 Å². The predicted octanol–water partition coefficient (Wildman–Crippen LogP) is 1.84. The van der Waals surface area contributed by atoms with Crippen molar-refractivity contribution in [2.45, 2.75) is 33.1 Å². The second-order valence-electron chi connectivity index (χ2n) is 4.32. The third-order valence-corrected chi connectivity index (χ3v) is 2.73. The molecule has 0 spiro atoms. The molecule has 0 bridgehead atoms. The van der Waals surface area contributed by atoms with Gasteiger partial charge in [0, 0.05) is 12.7 Å². The number of rotatable bonds is 3. The molecule has 0 radical (unpaired) electrons. The highest BCUT2D eigenvalue weighted by molar-refractivity contribution is 5.16. The SMILES string of the molecule is CCn1ccc(Cn2nc(C)cc(C(F)(F)F)c2=O)n1. The Morgan fingerprint density at radius 2 is 2.00 bits per heavy atom. The second kappa shape index (κ2) is 5.10. The van der Waals surface area contributed by atoms with Crippen LogP contribution in [-0.4, -0.2) is 19.6 Å². The summed E-state index contributed by atoms with van der Waals surface area (Å²) in [4.78, 5) is 11.8. The first-order valence-corrected chi connectivity index (χ1v) is 5.99. The van der Waals surface area contributed by atoms with Gasteiger partial charge in [0.05, 0.1) is 17.9 Å². The molecule has 8 heteroatoms. The zero-order valence-electron chi connectivity index (χ0n) is 11.0. The van der Waals surface area contributed by atoms with Crippen LogP contribution < -0.4 is 5.56 Å². The van der Waals surface area contributed by atoms with Gasteiger partial charge in [0.2, 0.25) is 0 Å². The molecule has 2 heterocycles. The summed E-state index contributed by atoms with van der Waals surface area (Å²) < 4.78 is 40.7. The largest absolute Gasteiger partial charge is 0.421 e. The van der Waals surface area contributed by atoms with E-state index in [0.717, 1.165) is 10.7 Å². The van der Waals surface area contributed by atoms with E-state index < -0.39 is 17.3 Å². The first kappa shape index (κ1) is 14.3. The molecule has 2 aromatic rings. The molecular formula is C12H13F3N4O. The zero-order chi connectivity index (χ0) is 14.9. The van der Waals surface area contributed by atoms with E-state index in [-0.39, 0.29) is 12.2 Å². The molecule has 0 N–H and O–H groups in total. The van der Waals surface area contributed by atoms with E-state index in [1.807, 2.05) is 6.92 Å². The van der Waals surface area contributed by atoms with Crippen molar-refractivity contribution in [3.8, 4) is 0 Å². The molecule has 0 aliphatic rings. The quantitative estimate of drug-likeness (QED) is 0.865.